The second kappa shape index (κ2) is 14.0. The Bertz CT molecular complexity index is 1190. The summed E-state index contributed by atoms with van der Waals surface area (Å²) in [5.74, 6) is -0.748. The molecule has 0 spiro atoms. The van der Waals surface area contributed by atoms with E-state index in [-0.39, 0.29) is 21.6 Å². The molecule has 10 heteroatoms. The molecule has 1 N–H and O–H groups in total. The van der Waals surface area contributed by atoms with Gasteiger partial charge in [0.2, 0.25) is 0 Å². The molecule has 2 aromatic carbocycles. The average molecular weight is 587 g/mol. The summed E-state index contributed by atoms with van der Waals surface area (Å²) in [4.78, 5) is 4.59. The van der Waals surface area contributed by atoms with Crippen LogP contribution in [0.15, 0.2) is 52.0 Å². The van der Waals surface area contributed by atoms with Crippen LogP contribution in [-0.4, -0.2) is 55.1 Å². The van der Waals surface area contributed by atoms with Crippen molar-refractivity contribution < 1.29 is 22.2 Å². The number of rotatable bonds is 12. The van der Waals surface area contributed by atoms with Gasteiger partial charge in [0.25, 0.3) is 0 Å². The third-order valence-electron chi connectivity index (χ3n) is 6.29. The molecular formula is C28H39ClF2N3O2S2+. The van der Waals surface area contributed by atoms with E-state index in [1.807, 2.05) is 25.1 Å². The van der Waals surface area contributed by atoms with Crippen molar-refractivity contribution in [3.63, 3.8) is 0 Å². The molecule has 1 atom stereocenters. The van der Waals surface area contributed by atoms with Crippen LogP contribution in [0, 0.1) is 11.6 Å². The van der Waals surface area contributed by atoms with E-state index in [9.17, 15) is 13.0 Å². The average Bonchev–Trinajstić information content (AvgIpc) is 2.83. The van der Waals surface area contributed by atoms with Crippen LogP contribution in [0.5, 0.6) is 5.75 Å². The molecule has 0 fully saturated rings. The monoisotopic (exact) mass is 586 g/mol. The minimum Gasteiger partial charge on any atom is -0.495 e. The summed E-state index contributed by atoms with van der Waals surface area (Å²) in [6.07, 6.45) is 2.57. The standard InChI is InChI=1S/C28H39ClF2N3O2S2/c1-19(28(3,4)21-10-11-27(36-8)24(29)14-21)17-32-20(2)37-18-23-25(30)15-22(16-26(23)31)38(35)33-12-9-13-34(5,6)7/h10-11,14-17,33H,9,12-13,18H2,1-8H3/q+1/b19-17+,32-20?. The lowest BCUT2D eigenvalue weighted by Gasteiger charge is -2.26. The third kappa shape index (κ3) is 9.45. The Morgan fingerprint density at radius 2 is 1.82 bits per heavy atom. The SMILES string of the molecule is COc1ccc(C(C)(C)/C(C)=C/N=C(C)SCc2c(F)cc(S(=O)NCCC[N+](C)(C)C)cc2F)cc1Cl. The third-order valence-corrected chi connectivity index (χ3v) is 8.67. The molecule has 0 saturated carbocycles. The van der Waals surface area contributed by atoms with E-state index < -0.39 is 22.6 Å². The number of benzene rings is 2. The van der Waals surface area contributed by atoms with Crippen LogP contribution in [-0.2, 0) is 22.2 Å². The number of allylic oxidation sites excluding steroid dienone is 1. The summed E-state index contributed by atoms with van der Waals surface area (Å²) in [7, 11) is 6.11. The van der Waals surface area contributed by atoms with Crippen LogP contribution in [0.3, 0.4) is 0 Å². The number of aliphatic imine (C=N–C) groups is 1. The molecule has 2 rings (SSSR count). The number of hydrogen-bond acceptors (Lipinski definition) is 4. The largest absolute Gasteiger partial charge is 0.495 e. The first-order valence-corrected chi connectivity index (χ1v) is 14.8. The summed E-state index contributed by atoms with van der Waals surface area (Å²) >= 11 is 7.55. The number of methoxy groups -OCH3 is 1. The van der Waals surface area contributed by atoms with E-state index in [1.54, 1.807) is 20.2 Å². The summed E-state index contributed by atoms with van der Waals surface area (Å²) in [6, 6.07) is 7.97. The van der Waals surface area contributed by atoms with Gasteiger partial charge in [0.05, 0.1) is 49.8 Å². The topological polar surface area (TPSA) is 50.7 Å². The van der Waals surface area contributed by atoms with Crippen LogP contribution in [0.1, 0.15) is 45.2 Å². The molecule has 0 heterocycles. The van der Waals surface area contributed by atoms with Crippen LogP contribution >= 0.6 is 23.4 Å². The Hall–Kier alpha value is -1.78. The van der Waals surface area contributed by atoms with Crippen molar-refractivity contribution in [3.05, 3.63) is 69.9 Å². The highest BCUT2D eigenvalue weighted by atomic mass is 35.5. The van der Waals surface area contributed by atoms with Crippen molar-refractivity contribution in [1.29, 1.82) is 0 Å². The van der Waals surface area contributed by atoms with Crippen LogP contribution < -0.4 is 9.46 Å². The number of nitrogens with one attached hydrogen (secondary N) is 1. The summed E-state index contributed by atoms with van der Waals surface area (Å²) in [6.45, 7) is 9.31. The predicted octanol–water partition coefficient (Wildman–Crippen LogP) is 6.87. The van der Waals surface area contributed by atoms with Gasteiger partial charge in [-0.2, -0.15) is 0 Å². The molecule has 210 valence electrons. The number of ether oxygens (including phenoxy) is 1. The van der Waals surface area contributed by atoms with E-state index in [2.05, 4.69) is 44.7 Å². The minimum atomic E-state index is -1.68. The first-order chi connectivity index (χ1) is 17.7. The lowest BCUT2D eigenvalue weighted by Crippen LogP contribution is -2.36. The number of hydrogen-bond donors (Lipinski definition) is 1. The van der Waals surface area contributed by atoms with E-state index >= 15 is 0 Å². The van der Waals surface area contributed by atoms with Crippen molar-refractivity contribution in [2.24, 2.45) is 4.99 Å². The molecule has 0 radical (unpaired) electrons. The van der Waals surface area contributed by atoms with Crippen molar-refractivity contribution in [3.8, 4) is 5.75 Å². The maximum absolute atomic E-state index is 14.7. The van der Waals surface area contributed by atoms with Crippen molar-refractivity contribution in [1.82, 2.24) is 4.72 Å². The summed E-state index contributed by atoms with van der Waals surface area (Å²) in [5.41, 5.74) is 1.61. The smallest absolute Gasteiger partial charge is 0.137 e. The molecule has 5 nitrogen and oxygen atoms in total. The van der Waals surface area contributed by atoms with E-state index in [4.69, 9.17) is 16.3 Å². The highest BCUT2D eigenvalue weighted by Gasteiger charge is 2.24. The first-order valence-electron chi connectivity index (χ1n) is 12.3. The fourth-order valence-electron chi connectivity index (χ4n) is 3.47. The van der Waals surface area contributed by atoms with Crippen molar-refractivity contribution in [2.45, 2.75) is 50.2 Å². The molecule has 0 aliphatic carbocycles. The number of thioether (sulfide) groups is 1. The number of nitrogens with zero attached hydrogens (tertiary/aromatic N) is 2. The van der Waals surface area contributed by atoms with Gasteiger partial charge >= 0.3 is 0 Å². The molecule has 2 aromatic rings. The van der Waals surface area contributed by atoms with E-state index in [0.717, 1.165) is 40.7 Å². The van der Waals surface area contributed by atoms with Crippen molar-refractivity contribution >= 4 is 39.4 Å². The molecular weight excluding hydrogens is 548 g/mol. The lowest BCUT2D eigenvalue weighted by atomic mass is 9.79. The van der Waals surface area contributed by atoms with Gasteiger partial charge in [-0.25, -0.2) is 17.7 Å². The highest BCUT2D eigenvalue weighted by Crippen LogP contribution is 2.35. The zero-order chi connectivity index (χ0) is 28.7. The Balaban J connectivity index is 2.04. The first kappa shape index (κ1) is 32.4. The second-order valence-corrected chi connectivity index (χ2v) is 13.5. The molecule has 0 aliphatic heterocycles. The van der Waals surface area contributed by atoms with Gasteiger partial charge in [-0.3, -0.25) is 4.99 Å². The van der Waals surface area contributed by atoms with Gasteiger partial charge in [-0.1, -0.05) is 31.5 Å². The van der Waals surface area contributed by atoms with E-state index in [1.165, 1.54) is 11.8 Å². The molecule has 0 aromatic heterocycles. The zero-order valence-electron chi connectivity index (χ0n) is 23.5. The fraction of sp³-hybridized carbons (Fsp3) is 0.464. The van der Waals surface area contributed by atoms with Gasteiger partial charge in [0, 0.05) is 35.9 Å². The summed E-state index contributed by atoms with van der Waals surface area (Å²) in [5, 5.41) is 1.20. The lowest BCUT2D eigenvalue weighted by molar-refractivity contribution is -0.870. The Labute approximate surface area is 237 Å². The molecule has 1 unspecified atom stereocenters. The quantitative estimate of drug-likeness (QED) is 0.128. The maximum atomic E-state index is 14.7. The Morgan fingerprint density at radius 3 is 2.37 bits per heavy atom. The maximum Gasteiger partial charge on any atom is 0.137 e. The van der Waals surface area contributed by atoms with Crippen LogP contribution in [0.2, 0.25) is 5.02 Å². The fourth-order valence-corrected chi connectivity index (χ4v) is 5.40. The Kier molecular flexibility index (Phi) is 12.0. The van der Waals surface area contributed by atoms with Gasteiger partial charge in [0.1, 0.15) is 28.4 Å². The summed E-state index contributed by atoms with van der Waals surface area (Å²) < 4.78 is 50.8. The molecule has 0 amide bonds. The highest BCUT2D eigenvalue weighted by molar-refractivity contribution is 8.13. The van der Waals surface area contributed by atoms with Gasteiger partial charge in [-0.05, 0) is 49.2 Å². The normalized spacial score (nSPS) is 14.1. The van der Waals surface area contributed by atoms with Crippen LogP contribution in [0.25, 0.3) is 0 Å². The number of halogens is 3. The zero-order valence-corrected chi connectivity index (χ0v) is 25.8. The number of quaternary nitrogens is 1. The Morgan fingerprint density at radius 1 is 1.18 bits per heavy atom. The molecule has 0 bridgehead atoms. The van der Waals surface area contributed by atoms with Gasteiger partial charge in [0.15, 0.2) is 0 Å². The van der Waals surface area contributed by atoms with Gasteiger partial charge < -0.3 is 9.22 Å². The molecule has 0 aliphatic rings. The van der Waals surface area contributed by atoms with Gasteiger partial charge in [-0.15, -0.1) is 11.8 Å². The molecule has 38 heavy (non-hydrogen) atoms. The molecule has 0 saturated heterocycles. The second-order valence-electron chi connectivity index (χ2n) is 10.6. The predicted molar refractivity (Wildman–Crippen MR) is 157 cm³/mol. The van der Waals surface area contributed by atoms with Crippen LogP contribution in [0.4, 0.5) is 8.78 Å². The van der Waals surface area contributed by atoms with E-state index in [0.29, 0.717) is 22.4 Å². The minimum absolute atomic E-state index is 0.0655. The van der Waals surface area contributed by atoms with Crippen molar-refractivity contribution in [2.75, 3.05) is 41.3 Å².